The van der Waals surface area contributed by atoms with Gasteiger partial charge in [-0.05, 0) is 36.2 Å². The summed E-state index contributed by atoms with van der Waals surface area (Å²) in [6, 6.07) is 11.3. The lowest BCUT2D eigenvalue weighted by molar-refractivity contribution is -0.121. The molecule has 0 aliphatic carbocycles. The minimum atomic E-state index is -0.728. The van der Waals surface area contributed by atoms with Crippen molar-refractivity contribution in [3.8, 4) is 0 Å². The lowest BCUT2D eigenvalue weighted by Crippen LogP contribution is -2.42. The molecule has 0 aliphatic rings. The summed E-state index contributed by atoms with van der Waals surface area (Å²) < 4.78 is 26.1. The second-order valence-electron chi connectivity index (χ2n) is 4.61. The van der Waals surface area contributed by atoms with Crippen LogP contribution in [0.25, 0.3) is 0 Å². The fraction of sp³-hybridized carbons (Fsp3) is 0.125. The first kappa shape index (κ1) is 15.6. The molecule has 0 aromatic heterocycles. The van der Waals surface area contributed by atoms with Gasteiger partial charge in [0.1, 0.15) is 11.6 Å². The largest absolute Gasteiger partial charge is 0.273 e. The molecule has 2 amide bonds. The highest BCUT2D eigenvalue weighted by Crippen LogP contribution is 2.06. The lowest BCUT2D eigenvalue weighted by Gasteiger charge is -2.08. The van der Waals surface area contributed by atoms with Gasteiger partial charge in [-0.2, -0.15) is 0 Å². The number of aryl methyl sites for hydroxylation is 1. The van der Waals surface area contributed by atoms with E-state index in [0.717, 1.165) is 11.6 Å². The summed E-state index contributed by atoms with van der Waals surface area (Å²) in [4.78, 5) is 23.3. The van der Waals surface area contributed by atoms with Crippen LogP contribution in [0.3, 0.4) is 0 Å². The Balaban J connectivity index is 1.79. The highest BCUT2D eigenvalue weighted by molar-refractivity contribution is 5.95. The number of amides is 2. The molecule has 114 valence electrons. The van der Waals surface area contributed by atoms with Crippen LogP contribution < -0.4 is 10.9 Å². The number of hydrazine groups is 1. The molecule has 6 heteroatoms. The molecule has 0 spiro atoms. The molecule has 0 saturated carbocycles. The summed E-state index contributed by atoms with van der Waals surface area (Å²) in [5.74, 6) is -2.16. The summed E-state index contributed by atoms with van der Waals surface area (Å²) in [5.41, 5.74) is 5.01. The Morgan fingerprint density at radius 1 is 0.909 bits per heavy atom. The van der Waals surface area contributed by atoms with Gasteiger partial charge in [-0.1, -0.05) is 24.3 Å². The maximum atomic E-state index is 13.4. The molecule has 0 bridgehead atoms. The summed E-state index contributed by atoms with van der Waals surface area (Å²) in [7, 11) is 0. The van der Waals surface area contributed by atoms with E-state index < -0.39 is 17.6 Å². The van der Waals surface area contributed by atoms with E-state index in [4.69, 9.17) is 0 Å². The van der Waals surface area contributed by atoms with Crippen molar-refractivity contribution >= 4 is 11.8 Å². The van der Waals surface area contributed by atoms with Gasteiger partial charge < -0.3 is 0 Å². The number of hydrogen-bond acceptors (Lipinski definition) is 2. The Kier molecular flexibility index (Phi) is 5.19. The van der Waals surface area contributed by atoms with E-state index in [2.05, 4.69) is 10.9 Å². The molecule has 22 heavy (non-hydrogen) atoms. The summed E-state index contributed by atoms with van der Waals surface area (Å²) in [6.45, 7) is 0. The zero-order valence-electron chi connectivity index (χ0n) is 11.6. The molecule has 0 aliphatic heterocycles. The van der Waals surface area contributed by atoms with Crippen molar-refractivity contribution in [3.63, 3.8) is 0 Å². The number of carbonyl (C=O) groups is 2. The second kappa shape index (κ2) is 7.31. The van der Waals surface area contributed by atoms with Crippen molar-refractivity contribution in [2.45, 2.75) is 12.8 Å². The van der Waals surface area contributed by atoms with E-state index in [-0.39, 0.29) is 17.8 Å². The molecule has 4 nitrogen and oxygen atoms in total. The number of rotatable bonds is 4. The number of nitrogens with one attached hydrogen (secondary N) is 2. The molecule has 0 radical (unpaired) electrons. The van der Waals surface area contributed by atoms with E-state index in [1.165, 1.54) is 30.3 Å². The first-order valence-corrected chi connectivity index (χ1v) is 6.64. The molecule has 0 heterocycles. The Morgan fingerprint density at radius 3 is 2.27 bits per heavy atom. The van der Waals surface area contributed by atoms with Crippen LogP contribution in [0.15, 0.2) is 48.5 Å². The third-order valence-corrected chi connectivity index (χ3v) is 2.99. The summed E-state index contributed by atoms with van der Waals surface area (Å²) in [6.07, 6.45) is 0.519. The number of hydrogen-bond donors (Lipinski definition) is 2. The van der Waals surface area contributed by atoms with Gasteiger partial charge in [0.25, 0.3) is 5.91 Å². The van der Waals surface area contributed by atoms with Gasteiger partial charge in [0, 0.05) is 6.42 Å². The maximum absolute atomic E-state index is 13.4. The van der Waals surface area contributed by atoms with Gasteiger partial charge >= 0.3 is 0 Å². The van der Waals surface area contributed by atoms with Crippen LogP contribution in [-0.4, -0.2) is 11.8 Å². The molecule has 0 fully saturated rings. The average Bonchev–Trinajstić information content (AvgIpc) is 2.52. The van der Waals surface area contributed by atoms with Crippen molar-refractivity contribution in [2.75, 3.05) is 0 Å². The number of halogens is 2. The predicted molar refractivity (Wildman–Crippen MR) is 76.7 cm³/mol. The van der Waals surface area contributed by atoms with E-state index >= 15 is 0 Å². The average molecular weight is 304 g/mol. The maximum Gasteiger partial charge on any atom is 0.272 e. The quantitative estimate of drug-likeness (QED) is 0.852. The zero-order valence-corrected chi connectivity index (χ0v) is 11.6. The van der Waals surface area contributed by atoms with Crippen molar-refractivity contribution in [2.24, 2.45) is 0 Å². The number of carbonyl (C=O) groups excluding carboxylic acids is 2. The Hall–Kier alpha value is -2.76. The minimum Gasteiger partial charge on any atom is -0.273 e. The molecular weight excluding hydrogens is 290 g/mol. The van der Waals surface area contributed by atoms with Crippen LogP contribution >= 0.6 is 0 Å². The monoisotopic (exact) mass is 304 g/mol. The molecule has 2 rings (SSSR count). The fourth-order valence-electron chi connectivity index (χ4n) is 1.81. The molecule has 0 saturated heterocycles. The summed E-state index contributed by atoms with van der Waals surface area (Å²) >= 11 is 0. The highest BCUT2D eigenvalue weighted by atomic mass is 19.1. The normalized spacial score (nSPS) is 10.1. The van der Waals surface area contributed by atoms with Gasteiger partial charge in [0.05, 0.1) is 5.56 Å². The van der Waals surface area contributed by atoms with E-state index in [1.807, 2.05) is 0 Å². The van der Waals surface area contributed by atoms with E-state index in [9.17, 15) is 18.4 Å². The van der Waals surface area contributed by atoms with Crippen LogP contribution in [0.5, 0.6) is 0 Å². The second-order valence-corrected chi connectivity index (χ2v) is 4.61. The fourth-order valence-corrected chi connectivity index (χ4v) is 1.81. The van der Waals surface area contributed by atoms with Gasteiger partial charge in [0.15, 0.2) is 0 Å². The van der Waals surface area contributed by atoms with Crippen LogP contribution in [0.1, 0.15) is 22.3 Å². The molecular formula is C16H14F2N2O2. The van der Waals surface area contributed by atoms with Crippen molar-refractivity contribution in [1.29, 1.82) is 0 Å². The molecule has 0 unspecified atom stereocenters. The number of benzene rings is 2. The smallest absolute Gasteiger partial charge is 0.272 e. The zero-order chi connectivity index (χ0) is 15.9. The van der Waals surface area contributed by atoms with Crippen LogP contribution in [0, 0.1) is 11.6 Å². The Labute approximate surface area is 126 Å². The van der Waals surface area contributed by atoms with Crippen molar-refractivity contribution in [1.82, 2.24) is 10.9 Å². The SMILES string of the molecule is O=C(CCc1ccc(F)cc1)NNC(=O)c1ccccc1F. The van der Waals surface area contributed by atoms with Gasteiger partial charge in [-0.15, -0.1) is 0 Å². The molecule has 0 atom stereocenters. The first-order valence-electron chi connectivity index (χ1n) is 6.64. The first-order chi connectivity index (χ1) is 10.6. The molecule has 2 aromatic rings. The van der Waals surface area contributed by atoms with Gasteiger partial charge in [-0.3, -0.25) is 20.4 Å². The Bertz CT molecular complexity index is 672. The minimum absolute atomic E-state index is 0.114. The lowest BCUT2D eigenvalue weighted by atomic mass is 10.1. The predicted octanol–water partition coefficient (Wildman–Crippen LogP) is 2.36. The molecule has 2 aromatic carbocycles. The standard InChI is InChI=1S/C16H14F2N2O2/c17-12-8-5-11(6-9-12)7-10-15(21)19-20-16(22)13-3-1-2-4-14(13)18/h1-6,8-9H,7,10H2,(H,19,21)(H,20,22). The molecule has 2 N–H and O–H groups in total. The highest BCUT2D eigenvalue weighted by Gasteiger charge is 2.11. The van der Waals surface area contributed by atoms with E-state index in [0.29, 0.717) is 6.42 Å². The van der Waals surface area contributed by atoms with Crippen LogP contribution in [-0.2, 0) is 11.2 Å². The summed E-state index contributed by atoms with van der Waals surface area (Å²) in [5, 5.41) is 0. The van der Waals surface area contributed by atoms with Crippen molar-refractivity contribution < 1.29 is 18.4 Å². The Morgan fingerprint density at radius 2 is 1.59 bits per heavy atom. The third kappa shape index (κ3) is 4.37. The van der Waals surface area contributed by atoms with E-state index in [1.54, 1.807) is 12.1 Å². The van der Waals surface area contributed by atoms with Gasteiger partial charge in [0.2, 0.25) is 5.91 Å². The van der Waals surface area contributed by atoms with Gasteiger partial charge in [-0.25, -0.2) is 8.78 Å². The topological polar surface area (TPSA) is 58.2 Å². The van der Waals surface area contributed by atoms with Crippen LogP contribution in [0.2, 0.25) is 0 Å². The van der Waals surface area contributed by atoms with Crippen LogP contribution in [0.4, 0.5) is 8.78 Å². The van der Waals surface area contributed by atoms with Crippen molar-refractivity contribution in [3.05, 3.63) is 71.3 Å². The third-order valence-electron chi connectivity index (χ3n) is 2.99.